The first-order chi connectivity index (χ1) is 8.22. The Morgan fingerprint density at radius 3 is 2.65 bits per heavy atom. The van der Waals surface area contributed by atoms with Gasteiger partial charge in [-0.15, -0.1) is 0 Å². The second-order valence-electron chi connectivity index (χ2n) is 6.37. The van der Waals surface area contributed by atoms with Gasteiger partial charge in [0.25, 0.3) is 0 Å². The topological polar surface area (TPSA) is 12.0 Å². The van der Waals surface area contributed by atoms with Crippen LogP contribution in [0.1, 0.15) is 78.6 Å². The molecule has 17 heavy (non-hydrogen) atoms. The van der Waals surface area contributed by atoms with Crippen molar-refractivity contribution in [2.45, 2.75) is 84.6 Å². The van der Waals surface area contributed by atoms with Crippen molar-refractivity contribution in [3.63, 3.8) is 0 Å². The molecule has 0 radical (unpaired) electrons. The van der Waals surface area contributed by atoms with Crippen LogP contribution in [-0.4, -0.2) is 12.6 Å². The molecule has 0 aromatic rings. The highest BCUT2D eigenvalue weighted by Crippen LogP contribution is 2.29. The molecule has 0 aromatic heterocycles. The SMILES string of the molecule is CCCCCCNC1CCCC(CC(C)C)C1. The lowest BCUT2D eigenvalue weighted by atomic mass is 9.81. The Morgan fingerprint density at radius 1 is 1.12 bits per heavy atom. The van der Waals surface area contributed by atoms with Crippen LogP contribution in [0.25, 0.3) is 0 Å². The van der Waals surface area contributed by atoms with Crippen molar-refractivity contribution >= 4 is 0 Å². The third kappa shape index (κ3) is 7.08. The van der Waals surface area contributed by atoms with E-state index in [4.69, 9.17) is 0 Å². The van der Waals surface area contributed by atoms with Gasteiger partial charge in [-0.25, -0.2) is 0 Å². The van der Waals surface area contributed by atoms with Gasteiger partial charge in [0.05, 0.1) is 0 Å². The van der Waals surface area contributed by atoms with E-state index < -0.39 is 0 Å². The first kappa shape index (κ1) is 15.0. The maximum Gasteiger partial charge on any atom is 0.00697 e. The fraction of sp³-hybridized carbons (Fsp3) is 1.00. The molecule has 1 aliphatic carbocycles. The van der Waals surface area contributed by atoms with Gasteiger partial charge in [-0.1, -0.05) is 52.9 Å². The largest absolute Gasteiger partial charge is 0.314 e. The second kappa shape index (κ2) is 8.97. The van der Waals surface area contributed by atoms with Crippen molar-refractivity contribution in [2.75, 3.05) is 6.54 Å². The van der Waals surface area contributed by atoms with Gasteiger partial charge >= 0.3 is 0 Å². The van der Waals surface area contributed by atoms with E-state index >= 15 is 0 Å². The lowest BCUT2D eigenvalue weighted by molar-refractivity contribution is 0.252. The highest BCUT2D eigenvalue weighted by atomic mass is 14.9. The third-order valence-electron chi connectivity index (χ3n) is 4.05. The molecule has 1 nitrogen and oxygen atoms in total. The minimum atomic E-state index is 0.828. The molecule has 1 rings (SSSR count). The zero-order valence-corrected chi connectivity index (χ0v) is 12.3. The highest BCUT2D eigenvalue weighted by molar-refractivity contribution is 4.78. The van der Waals surface area contributed by atoms with Gasteiger partial charge in [0.15, 0.2) is 0 Å². The molecule has 1 heteroatoms. The molecule has 0 bridgehead atoms. The van der Waals surface area contributed by atoms with Gasteiger partial charge in [-0.3, -0.25) is 0 Å². The van der Waals surface area contributed by atoms with E-state index in [0.717, 1.165) is 17.9 Å². The van der Waals surface area contributed by atoms with Gasteiger partial charge in [-0.2, -0.15) is 0 Å². The number of nitrogens with one attached hydrogen (secondary N) is 1. The first-order valence-corrected chi connectivity index (χ1v) is 7.95. The van der Waals surface area contributed by atoms with E-state index in [1.807, 2.05) is 0 Å². The summed E-state index contributed by atoms with van der Waals surface area (Å²) in [5, 5.41) is 3.78. The van der Waals surface area contributed by atoms with Crippen molar-refractivity contribution < 1.29 is 0 Å². The van der Waals surface area contributed by atoms with Crippen LogP contribution in [0.2, 0.25) is 0 Å². The Hall–Kier alpha value is -0.0400. The predicted molar refractivity (Wildman–Crippen MR) is 77.3 cm³/mol. The molecule has 0 amide bonds. The molecule has 1 fully saturated rings. The summed E-state index contributed by atoms with van der Waals surface area (Å²) in [6.45, 7) is 8.26. The van der Waals surface area contributed by atoms with Crippen LogP contribution < -0.4 is 5.32 Å². The molecular formula is C16H33N. The quantitative estimate of drug-likeness (QED) is 0.602. The van der Waals surface area contributed by atoms with Crippen LogP contribution >= 0.6 is 0 Å². The summed E-state index contributed by atoms with van der Waals surface area (Å²) in [5.74, 6) is 1.88. The molecule has 1 N–H and O–H groups in total. The molecule has 0 spiro atoms. The molecular weight excluding hydrogens is 206 g/mol. The summed E-state index contributed by atoms with van der Waals surface area (Å²) in [7, 11) is 0. The Bertz CT molecular complexity index is 176. The van der Waals surface area contributed by atoms with Crippen LogP contribution in [-0.2, 0) is 0 Å². The highest BCUT2D eigenvalue weighted by Gasteiger charge is 2.21. The van der Waals surface area contributed by atoms with Crippen LogP contribution in [0, 0.1) is 11.8 Å². The minimum absolute atomic E-state index is 0.828. The summed E-state index contributed by atoms with van der Waals surface area (Å²) >= 11 is 0. The average Bonchev–Trinajstić information content (AvgIpc) is 2.28. The van der Waals surface area contributed by atoms with E-state index in [0.29, 0.717) is 0 Å². The minimum Gasteiger partial charge on any atom is -0.314 e. The molecule has 0 aliphatic heterocycles. The molecule has 102 valence electrons. The number of rotatable bonds is 8. The smallest absolute Gasteiger partial charge is 0.00697 e. The third-order valence-corrected chi connectivity index (χ3v) is 4.05. The first-order valence-electron chi connectivity index (χ1n) is 7.95. The van der Waals surface area contributed by atoms with E-state index in [2.05, 4.69) is 26.1 Å². The van der Waals surface area contributed by atoms with E-state index in [9.17, 15) is 0 Å². The number of hydrogen-bond donors (Lipinski definition) is 1. The van der Waals surface area contributed by atoms with Crippen molar-refractivity contribution in [2.24, 2.45) is 11.8 Å². The maximum atomic E-state index is 3.78. The second-order valence-corrected chi connectivity index (χ2v) is 6.37. The molecule has 0 saturated heterocycles. The zero-order chi connectivity index (χ0) is 12.5. The van der Waals surface area contributed by atoms with Crippen LogP contribution in [0.15, 0.2) is 0 Å². The molecule has 1 aliphatic rings. The summed E-state index contributed by atoms with van der Waals surface area (Å²) in [5.41, 5.74) is 0. The van der Waals surface area contributed by atoms with E-state index in [1.165, 1.54) is 64.3 Å². The van der Waals surface area contributed by atoms with Gasteiger partial charge < -0.3 is 5.32 Å². The monoisotopic (exact) mass is 239 g/mol. The molecule has 2 atom stereocenters. The summed E-state index contributed by atoms with van der Waals surface area (Å²) in [6, 6.07) is 0.828. The molecule has 0 aromatic carbocycles. The van der Waals surface area contributed by atoms with Gasteiger partial charge in [0.2, 0.25) is 0 Å². The van der Waals surface area contributed by atoms with Crippen LogP contribution in [0.3, 0.4) is 0 Å². The van der Waals surface area contributed by atoms with Gasteiger partial charge in [0.1, 0.15) is 0 Å². The molecule has 1 saturated carbocycles. The van der Waals surface area contributed by atoms with Crippen molar-refractivity contribution in [1.29, 1.82) is 0 Å². The zero-order valence-electron chi connectivity index (χ0n) is 12.3. The average molecular weight is 239 g/mol. The fourth-order valence-corrected chi connectivity index (χ4v) is 3.22. The number of hydrogen-bond acceptors (Lipinski definition) is 1. The van der Waals surface area contributed by atoms with Gasteiger partial charge in [0, 0.05) is 6.04 Å². The lowest BCUT2D eigenvalue weighted by Gasteiger charge is -2.31. The standard InChI is InChI=1S/C16H33N/c1-4-5-6-7-11-17-16-10-8-9-15(13-16)12-14(2)3/h14-17H,4-13H2,1-3H3. The van der Waals surface area contributed by atoms with Crippen LogP contribution in [0.4, 0.5) is 0 Å². The van der Waals surface area contributed by atoms with Crippen molar-refractivity contribution in [3.05, 3.63) is 0 Å². The van der Waals surface area contributed by atoms with E-state index in [-0.39, 0.29) is 0 Å². The Balaban J connectivity index is 2.08. The summed E-state index contributed by atoms with van der Waals surface area (Å²) in [6.07, 6.45) is 12.8. The fourth-order valence-electron chi connectivity index (χ4n) is 3.22. The van der Waals surface area contributed by atoms with Crippen molar-refractivity contribution in [3.8, 4) is 0 Å². The predicted octanol–water partition coefficient (Wildman–Crippen LogP) is 4.76. The van der Waals surface area contributed by atoms with Crippen molar-refractivity contribution in [1.82, 2.24) is 5.32 Å². The Morgan fingerprint density at radius 2 is 1.94 bits per heavy atom. The van der Waals surface area contributed by atoms with Gasteiger partial charge in [-0.05, 0) is 44.1 Å². The lowest BCUT2D eigenvalue weighted by Crippen LogP contribution is -2.35. The summed E-state index contributed by atoms with van der Waals surface area (Å²) < 4.78 is 0. The van der Waals surface area contributed by atoms with Crippen LogP contribution in [0.5, 0.6) is 0 Å². The van der Waals surface area contributed by atoms with E-state index in [1.54, 1.807) is 0 Å². The molecule has 0 heterocycles. The summed E-state index contributed by atoms with van der Waals surface area (Å²) in [4.78, 5) is 0. The Kier molecular flexibility index (Phi) is 7.92. The Labute approximate surface area is 109 Å². The normalized spacial score (nSPS) is 25.4. The maximum absolute atomic E-state index is 3.78. The molecule has 2 unspecified atom stereocenters. The number of unbranched alkanes of at least 4 members (excludes halogenated alkanes) is 3.